The van der Waals surface area contributed by atoms with Crippen LogP contribution in [0.2, 0.25) is 0 Å². The lowest BCUT2D eigenvalue weighted by Crippen LogP contribution is -2.32. The first kappa shape index (κ1) is 13.8. The molecule has 0 aliphatic carbocycles. The van der Waals surface area contributed by atoms with Gasteiger partial charge in [-0.25, -0.2) is 0 Å². The highest BCUT2D eigenvalue weighted by Crippen LogP contribution is 2.27. The maximum Gasteiger partial charge on any atom is 0.219 e. The summed E-state index contributed by atoms with van der Waals surface area (Å²) in [5, 5.41) is 4.46. The molecule has 1 amide bonds. The summed E-state index contributed by atoms with van der Waals surface area (Å²) >= 11 is 5.39. The zero-order valence-corrected chi connectivity index (χ0v) is 12.5. The Kier molecular flexibility index (Phi) is 3.25. The van der Waals surface area contributed by atoms with Gasteiger partial charge in [0.2, 0.25) is 5.91 Å². The van der Waals surface area contributed by atoms with Gasteiger partial charge in [-0.3, -0.25) is 14.0 Å². The Morgan fingerprint density at radius 3 is 2.68 bits per heavy atom. The quantitative estimate of drug-likeness (QED) is 0.835. The van der Waals surface area contributed by atoms with Crippen molar-refractivity contribution in [2.45, 2.75) is 39.2 Å². The van der Waals surface area contributed by atoms with Crippen molar-refractivity contribution in [2.24, 2.45) is 12.8 Å². The second-order valence-electron chi connectivity index (χ2n) is 5.34. The molecule has 2 rings (SSSR count). The smallest absolute Gasteiger partial charge is 0.219 e. The van der Waals surface area contributed by atoms with E-state index in [0.29, 0.717) is 4.77 Å². The number of aromatic amines is 1. The van der Waals surface area contributed by atoms with Crippen LogP contribution in [0.15, 0.2) is 0 Å². The fourth-order valence-corrected chi connectivity index (χ4v) is 2.96. The Labute approximate surface area is 116 Å². The molecule has 3 N–H and O–H groups in total. The third-order valence-corrected chi connectivity index (χ3v) is 3.57. The van der Waals surface area contributed by atoms with Gasteiger partial charge in [0.15, 0.2) is 10.4 Å². The van der Waals surface area contributed by atoms with Gasteiger partial charge in [-0.15, -0.1) is 0 Å². The number of primary amides is 1. The predicted octanol–water partition coefficient (Wildman–Crippen LogP) is 1.61. The molecular weight excluding hydrogens is 262 g/mol. The minimum absolute atomic E-state index is 0.223. The minimum Gasteiger partial charge on any atom is -0.370 e. The van der Waals surface area contributed by atoms with Crippen molar-refractivity contribution in [3.63, 3.8) is 0 Å². The molecule has 0 fully saturated rings. The predicted molar refractivity (Wildman–Crippen MR) is 76.4 cm³/mol. The third kappa shape index (κ3) is 2.18. The number of nitrogens with two attached hydrogens (primary N) is 1. The van der Waals surface area contributed by atoms with Crippen molar-refractivity contribution in [1.29, 1.82) is 0 Å². The lowest BCUT2D eigenvalue weighted by Gasteiger charge is -2.25. The van der Waals surface area contributed by atoms with Crippen molar-refractivity contribution < 1.29 is 4.79 Å². The van der Waals surface area contributed by atoms with Crippen LogP contribution in [0.3, 0.4) is 0 Å². The molecule has 104 valence electrons. The van der Waals surface area contributed by atoms with E-state index < -0.39 is 5.54 Å². The number of hydrogen-bond donors (Lipinski definition) is 2. The van der Waals surface area contributed by atoms with E-state index in [1.165, 1.54) is 0 Å². The number of carbonyl (C=O) groups excluding carboxylic acids is 1. The van der Waals surface area contributed by atoms with Gasteiger partial charge in [0.05, 0.1) is 11.2 Å². The first-order valence-electron chi connectivity index (χ1n) is 6.23. The lowest BCUT2D eigenvalue weighted by atomic mass is 10.00. The number of rotatable bonds is 4. The molecule has 0 aliphatic heterocycles. The fourth-order valence-electron chi connectivity index (χ4n) is 2.53. The highest BCUT2D eigenvalue weighted by Gasteiger charge is 2.28. The number of aromatic nitrogens is 4. The number of carbonyl (C=O) groups is 1. The summed E-state index contributed by atoms with van der Waals surface area (Å²) in [6.07, 6.45) is 1.05. The number of H-pyrrole nitrogens is 1. The lowest BCUT2D eigenvalue weighted by molar-refractivity contribution is -0.119. The van der Waals surface area contributed by atoms with Crippen molar-refractivity contribution in [2.75, 3.05) is 0 Å². The second-order valence-corrected chi connectivity index (χ2v) is 5.73. The Hall–Kier alpha value is -1.63. The number of nitrogens with one attached hydrogen (secondary N) is 1. The topological polar surface area (TPSA) is 81.6 Å². The molecule has 19 heavy (non-hydrogen) atoms. The molecule has 0 saturated heterocycles. The van der Waals surface area contributed by atoms with Crippen LogP contribution >= 0.6 is 12.2 Å². The van der Waals surface area contributed by atoms with Crippen LogP contribution in [0.1, 0.15) is 32.9 Å². The number of hydrogen-bond acceptors (Lipinski definition) is 3. The van der Waals surface area contributed by atoms with Crippen LogP contribution in [0.4, 0.5) is 0 Å². The van der Waals surface area contributed by atoms with Crippen molar-refractivity contribution in [3.8, 4) is 0 Å². The van der Waals surface area contributed by atoms with Crippen molar-refractivity contribution in [3.05, 3.63) is 10.5 Å². The van der Waals surface area contributed by atoms with Crippen LogP contribution in [-0.2, 0) is 23.8 Å². The van der Waals surface area contributed by atoms with E-state index >= 15 is 0 Å². The molecule has 0 atom stereocenters. The van der Waals surface area contributed by atoms with Gasteiger partial charge in [0.25, 0.3) is 0 Å². The average Bonchev–Trinajstić information content (AvgIpc) is 2.74. The molecule has 6 nitrogen and oxygen atoms in total. The highest BCUT2D eigenvalue weighted by atomic mass is 32.1. The average molecular weight is 281 g/mol. The number of nitrogens with zero attached hydrogens (tertiary/aromatic N) is 3. The number of fused-ring (bicyclic) bond motifs is 1. The first-order chi connectivity index (χ1) is 8.77. The Bertz CT molecular complexity index is 691. The summed E-state index contributed by atoms with van der Waals surface area (Å²) in [6.45, 7) is 5.93. The maximum atomic E-state index is 11.2. The van der Waals surface area contributed by atoms with E-state index in [0.717, 1.165) is 23.3 Å². The molecule has 7 heteroatoms. The van der Waals surface area contributed by atoms with E-state index in [1.807, 2.05) is 32.4 Å². The van der Waals surface area contributed by atoms with E-state index in [9.17, 15) is 4.79 Å². The molecule has 2 aromatic rings. The fraction of sp³-hybridized carbons (Fsp3) is 0.583. The third-order valence-electron chi connectivity index (χ3n) is 3.28. The Balaban J connectivity index is 2.73. The van der Waals surface area contributed by atoms with E-state index in [4.69, 9.17) is 18.0 Å². The molecular formula is C12H19N5OS. The summed E-state index contributed by atoms with van der Waals surface area (Å²) in [5.74, 6) is -0.348. The minimum atomic E-state index is -0.486. The standard InChI is InChI=1S/C12H19N5OS/c1-5-7-9-10(16(4)15-7)17(11(19)14-9)12(2,3)6-8(13)18/h5-6H2,1-4H3,(H2,13,18)(H,14,19). The molecule has 0 unspecified atom stereocenters. The van der Waals surface area contributed by atoms with Crippen LogP contribution in [0, 0.1) is 4.77 Å². The molecule has 0 aromatic carbocycles. The summed E-state index contributed by atoms with van der Waals surface area (Å²) in [5.41, 5.74) is 7.65. The summed E-state index contributed by atoms with van der Waals surface area (Å²) in [7, 11) is 1.88. The maximum absolute atomic E-state index is 11.2. The summed E-state index contributed by atoms with van der Waals surface area (Å²) in [4.78, 5) is 14.4. The Morgan fingerprint density at radius 1 is 1.53 bits per heavy atom. The molecule has 0 bridgehead atoms. The largest absolute Gasteiger partial charge is 0.370 e. The number of aryl methyl sites for hydroxylation is 2. The molecule has 0 saturated carbocycles. The van der Waals surface area contributed by atoms with Gasteiger partial charge >= 0.3 is 0 Å². The van der Waals surface area contributed by atoms with Gasteiger partial charge in [0.1, 0.15) is 5.52 Å². The molecule has 0 spiro atoms. The van der Waals surface area contributed by atoms with Gasteiger partial charge in [-0.2, -0.15) is 5.10 Å². The highest BCUT2D eigenvalue weighted by molar-refractivity contribution is 7.71. The number of amides is 1. The molecule has 0 radical (unpaired) electrons. The summed E-state index contributed by atoms with van der Waals surface area (Å²) in [6, 6.07) is 0. The molecule has 2 aromatic heterocycles. The van der Waals surface area contributed by atoms with Crippen molar-refractivity contribution in [1.82, 2.24) is 19.3 Å². The van der Waals surface area contributed by atoms with E-state index in [2.05, 4.69) is 10.1 Å². The zero-order valence-electron chi connectivity index (χ0n) is 11.6. The van der Waals surface area contributed by atoms with Gasteiger partial charge in [-0.05, 0) is 32.5 Å². The van der Waals surface area contributed by atoms with Crippen LogP contribution in [0.5, 0.6) is 0 Å². The molecule has 2 heterocycles. The summed E-state index contributed by atoms with van der Waals surface area (Å²) < 4.78 is 4.31. The first-order valence-corrected chi connectivity index (χ1v) is 6.64. The Morgan fingerprint density at radius 2 is 2.16 bits per heavy atom. The van der Waals surface area contributed by atoms with Crippen LogP contribution in [-0.4, -0.2) is 25.2 Å². The van der Waals surface area contributed by atoms with E-state index in [1.54, 1.807) is 4.68 Å². The normalized spacial score (nSPS) is 12.2. The monoisotopic (exact) mass is 281 g/mol. The number of imidazole rings is 1. The van der Waals surface area contributed by atoms with Gasteiger partial charge < -0.3 is 10.7 Å². The van der Waals surface area contributed by atoms with E-state index in [-0.39, 0.29) is 12.3 Å². The van der Waals surface area contributed by atoms with Crippen molar-refractivity contribution >= 4 is 29.3 Å². The zero-order chi connectivity index (χ0) is 14.4. The van der Waals surface area contributed by atoms with Gasteiger partial charge in [0, 0.05) is 13.5 Å². The van der Waals surface area contributed by atoms with Crippen LogP contribution in [0.25, 0.3) is 11.2 Å². The van der Waals surface area contributed by atoms with Crippen LogP contribution < -0.4 is 5.73 Å². The SMILES string of the molecule is CCc1nn(C)c2c1[nH]c(=S)n2C(C)(C)CC(N)=O. The second kappa shape index (κ2) is 4.48. The molecule has 0 aliphatic rings. The van der Waals surface area contributed by atoms with Gasteiger partial charge in [-0.1, -0.05) is 6.92 Å².